The Morgan fingerprint density at radius 1 is 1.13 bits per heavy atom. The van der Waals surface area contributed by atoms with Crippen molar-refractivity contribution in [1.29, 1.82) is 0 Å². The van der Waals surface area contributed by atoms with Crippen LogP contribution in [0.5, 0.6) is 5.75 Å². The monoisotopic (exact) mass is 425 g/mol. The standard InChI is InChI=1S/C21H23N5O3S/c1-13-8-14(2)10-15(9-13)29-11-18-24-25-21(26(18)3)30-12-19(27)23-17-7-5-4-6-16(17)20(22)28/h4-10H,11-12H2,1-3H3,(H2,22,28)(H,23,27). The van der Waals surface area contributed by atoms with Crippen LogP contribution in [0.25, 0.3) is 0 Å². The maximum Gasteiger partial charge on any atom is 0.250 e. The SMILES string of the molecule is Cc1cc(C)cc(OCc2nnc(SCC(=O)Nc3ccccc3C(N)=O)n2C)c1. The molecule has 2 aromatic carbocycles. The highest BCUT2D eigenvalue weighted by Crippen LogP contribution is 2.20. The molecule has 3 aromatic rings. The Labute approximate surface area is 178 Å². The molecule has 2 amide bonds. The number of aromatic nitrogens is 3. The van der Waals surface area contributed by atoms with Gasteiger partial charge in [0.1, 0.15) is 12.4 Å². The van der Waals surface area contributed by atoms with Gasteiger partial charge in [-0.05, 0) is 49.2 Å². The molecule has 3 rings (SSSR count). The Hall–Kier alpha value is -3.33. The second-order valence-electron chi connectivity index (χ2n) is 6.82. The van der Waals surface area contributed by atoms with E-state index in [2.05, 4.69) is 21.6 Å². The van der Waals surface area contributed by atoms with Crippen molar-refractivity contribution in [3.63, 3.8) is 0 Å². The van der Waals surface area contributed by atoms with Crippen LogP contribution >= 0.6 is 11.8 Å². The summed E-state index contributed by atoms with van der Waals surface area (Å²) < 4.78 is 7.62. The zero-order chi connectivity index (χ0) is 21.7. The van der Waals surface area contributed by atoms with Crippen LogP contribution in [0.2, 0.25) is 0 Å². The van der Waals surface area contributed by atoms with Crippen molar-refractivity contribution in [1.82, 2.24) is 14.8 Å². The van der Waals surface area contributed by atoms with Crippen molar-refractivity contribution in [3.8, 4) is 5.75 Å². The number of carbonyl (C=O) groups is 2. The molecule has 0 aliphatic heterocycles. The summed E-state index contributed by atoms with van der Waals surface area (Å²) in [5, 5.41) is 11.6. The quantitative estimate of drug-likeness (QED) is 0.537. The first-order valence-electron chi connectivity index (χ1n) is 9.24. The second kappa shape index (κ2) is 9.45. The first-order chi connectivity index (χ1) is 14.3. The van der Waals surface area contributed by atoms with Gasteiger partial charge in [-0.2, -0.15) is 0 Å². The Balaban J connectivity index is 1.57. The number of thioether (sulfide) groups is 1. The lowest BCUT2D eigenvalue weighted by Gasteiger charge is -2.09. The minimum Gasteiger partial charge on any atom is -0.486 e. The third-order valence-electron chi connectivity index (χ3n) is 4.29. The largest absolute Gasteiger partial charge is 0.486 e. The van der Waals surface area contributed by atoms with E-state index in [0.29, 0.717) is 16.7 Å². The minimum atomic E-state index is -0.597. The molecule has 0 atom stereocenters. The van der Waals surface area contributed by atoms with E-state index < -0.39 is 5.91 Å². The average molecular weight is 426 g/mol. The molecule has 1 aromatic heterocycles. The summed E-state index contributed by atoms with van der Waals surface area (Å²) >= 11 is 1.24. The van der Waals surface area contributed by atoms with E-state index in [-0.39, 0.29) is 23.8 Å². The summed E-state index contributed by atoms with van der Waals surface area (Å²) in [6, 6.07) is 12.6. The molecule has 0 saturated heterocycles. The molecule has 0 bridgehead atoms. The number of nitrogens with two attached hydrogens (primary N) is 1. The number of aryl methyl sites for hydroxylation is 2. The molecular formula is C21H23N5O3S. The predicted molar refractivity (Wildman–Crippen MR) is 116 cm³/mol. The maximum atomic E-state index is 12.3. The van der Waals surface area contributed by atoms with Gasteiger partial charge < -0.3 is 20.4 Å². The zero-order valence-electron chi connectivity index (χ0n) is 17.0. The molecule has 0 fully saturated rings. The molecule has 0 unspecified atom stereocenters. The molecule has 8 nitrogen and oxygen atoms in total. The molecule has 30 heavy (non-hydrogen) atoms. The molecule has 0 spiro atoms. The van der Waals surface area contributed by atoms with Gasteiger partial charge in [-0.1, -0.05) is 30.0 Å². The summed E-state index contributed by atoms with van der Waals surface area (Å²) in [7, 11) is 1.82. The van der Waals surface area contributed by atoms with E-state index in [4.69, 9.17) is 10.5 Å². The number of carbonyl (C=O) groups excluding carboxylic acids is 2. The number of rotatable bonds is 8. The number of nitrogens with one attached hydrogen (secondary N) is 1. The summed E-state index contributed by atoms with van der Waals surface area (Å²) in [4.78, 5) is 23.8. The fourth-order valence-electron chi connectivity index (χ4n) is 2.88. The number of hydrogen-bond donors (Lipinski definition) is 2. The van der Waals surface area contributed by atoms with Crippen LogP contribution in [0.15, 0.2) is 47.6 Å². The predicted octanol–water partition coefficient (Wildman–Crippen LogP) is 2.84. The van der Waals surface area contributed by atoms with Crippen molar-refractivity contribution in [2.75, 3.05) is 11.1 Å². The Bertz CT molecular complexity index is 1060. The van der Waals surface area contributed by atoms with Crippen LogP contribution in [-0.4, -0.2) is 32.3 Å². The van der Waals surface area contributed by atoms with Crippen molar-refractivity contribution in [3.05, 3.63) is 65.0 Å². The molecule has 0 radical (unpaired) electrons. The van der Waals surface area contributed by atoms with Gasteiger partial charge in [-0.25, -0.2) is 0 Å². The number of para-hydroxylation sites is 1. The van der Waals surface area contributed by atoms with Crippen LogP contribution in [0.1, 0.15) is 27.3 Å². The van der Waals surface area contributed by atoms with Gasteiger partial charge in [0.25, 0.3) is 5.91 Å². The molecular weight excluding hydrogens is 402 g/mol. The van der Waals surface area contributed by atoms with E-state index in [0.717, 1.165) is 16.9 Å². The first kappa shape index (κ1) is 21.4. The second-order valence-corrected chi connectivity index (χ2v) is 7.76. The number of benzene rings is 2. The maximum absolute atomic E-state index is 12.3. The fourth-order valence-corrected chi connectivity index (χ4v) is 3.61. The van der Waals surface area contributed by atoms with Crippen LogP contribution in [0.4, 0.5) is 5.69 Å². The first-order valence-corrected chi connectivity index (χ1v) is 10.2. The highest BCUT2D eigenvalue weighted by atomic mass is 32.2. The average Bonchev–Trinajstić information content (AvgIpc) is 3.04. The van der Waals surface area contributed by atoms with Crippen LogP contribution in [0, 0.1) is 13.8 Å². The van der Waals surface area contributed by atoms with Gasteiger partial charge in [0, 0.05) is 7.05 Å². The molecule has 3 N–H and O–H groups in total. The number of amides is 2. The smallest absolute Gasteiger partial charge is 0.250 e. The Morgan fingerprint density at radius 2 is 1.83 bits per heavy atom. The number of ether oxygens (including phenoxy) is 1. The summed E-state index contributed by atoms with van der Waals surface area (Å²) in [6.07, 6.45) is 0. The van der Waals surface area contributed by atoms with Gasteiger partial charge >= 0.3 is 0 Å². The normalized spacial score (nSPS) is 10.6. The topological polar surface area (TPSA) is 112 Å². The number of primary amides is 1. The fraction of sp³-hybridized carbons (Fsp3) is 0.238. The van der Waals surface area contributed by atoms with E-state index in [9.17, 15) is 9.59 Å². The van der Waals surface area contributed by atoms with E-state index in [1.165, 1.54) is 11.8 Å². The van der Waals surface area contributed by atoms with E-state index >= 15 is 0 Å². The van der Waals surface area contributed by atoms with Crippen LogP contribution in [-0.2, 0) is 18.4 Å². The zero-order valence-corrected chi connectivity index (χ0v) is 17.8. The summed E-state index contributed by atoms with van der Waals surface area (Å²) in [6.45, 7) is 4.30. The van der Waals surface area contributed by atoms with Crippen molar-refractivity contribution >= 4 is 29.3 Å². The van der Waals surface area contributed by atoms with Crippen molar-refractivity contribution in [2.24, 2.45) is 12.8 Å². The van der Waals surface area contributed by atoms with Crippen molar-refractivity contribution in [2.45, 2.75) is 25.6 Å². The van der Waals surface area contributed by atoms with Crippen LogP contribution in [0.3, 0.4) is 0 Å². The molecule has 0 saturated carbocycles. The summed E-state index contributed by atoms with van der Waals surface area (Å²) in [5.41, 5.74) is 8.24. The van der Waals surface area contributed by atoms with E-state index in [1.807, 2.05) is 33.0 Å². The lowest BCUT2D eigenvalue weighted by atomic mass is 10.1. The van der Waals surface area contributed by atoms with Gasteiger partial charge in [0.2, 0.25) is 5.91 Å². The van der Waals surface area contributed by atoms with Gasteiger partial charge in [-0.15, -0.1) is 10.2 Å². The molecule has 9 heteroatoms. The molecule has 156 valence electrons. The van der Waals surface area contributed by atoms with Gasteiger partial charge in [-0.3, -0.25) is 9.59 Å². The number of nitrogens with zero attached hydrogens (tertiary/aromatic N) is 3. The third kappa shape index (κ3) is 5.38. The molecule has 0 aliphatic carbocycles. The number of hydrogen-bond acceptors (Lipinski definition) is 6. The Kier molecular flexibility index (Phi) is 6.73. The Morgan fingerprint density at radius 3 is 2.53 bits per heavy atom. The lowest BCUT2D eigenvalue weighted by Crippen LogP contribution is -2.19. The van der Waals surface area contributed by atoms with Gasteiger partial charge in [0.15, 0.2) is 11.0 Å². The summed E-state index contributed by atoms with van der Waals surface area (Å²) in [5.74, 6) is 0.662. The highest BCUT2D eigenvalue weighted by Gasteiger charge is 2.14. The number of anilines is 1. The lowest BCUT2D eigenvalue weighted by molar-refractivity contribution is -0.113. The van der Waals surface area contributed by atoms with Crippen molar-refractivity contribution < 1.29 is 14.3 Å². The minimum absolute atomic E-state index is 0.108. The molecule has 0 aliphatic rings. The van der Waals surface area contributed by atoms with Crippen LogP contribution < -0.4 is 15.8 Å². The highest BCUT2D eigenvalue weighted by molar-refractivity contribution is 7.99. The third-order valence-corrected chi connectivity index (χ3v) is 5.31. The van der Waals surface area contributed by atoms with E-state index in [1.54, 1.807) is 28.8 Å². The van der Waals surface area contributed by atoms with Gasteiger partial charge in [0.05, 0.1) is 17.0 Å². The molecule has 1 heterocycles.